The smallest absolute Gasteiger partial charge is 0.310 e. The van der Waals surface area contributed by atoms with Gasteiger partial charge in [0, 0.05) is 17.4 Å². The lowest BCUT2D eigenvalue weighted by molar-refractivity contribution is -0.137. The third-order valence-electron chi connectivity index (χ3n) is 2.86. The maximum atomic E-state index is 13.0. The number of carbonyl (C=O) groups excluding carboxylic acids is 1. The van der Waals surface area contributed by atoms with E-state index < -0.39 is 23.6 Å². The SMILES string of the molecule is N#CC1CC(=O)N(c2ccc(Br)cc2C(F)(F)F)C1. The van der Waals surface area contributed by atoms with Crippen LogP contribution in [0.3, 0.4) is 0 Å². The third kappa shape index (κ3) is 2.73. The van der Waals surface area contributed by atoms with Crippen LogP contribution in [-0.2, 0) is 11.0 Å². The zero-order valence-electron chi connectivity index (χ0n) is 9.54. The van der Waals surface area contributed by atoms with E-state index in [0.29, 0.717) is 0 Å². The molecule has 1 unspecified atom stereocenters. The number of halogens is 4. The number of hydrogen-bond acceptors (Lipinski definition) is 2. The summed E-state index contributed by atoms with van der Waals surface area (Å²) >= 11 is 2.98. The number of carbonyl (C=O) groups is 1. The molecule has 1 amide bonds. The van der Waals surface area contributed by atoms with Crippen molar-refractivity contribution in [2.24, 2.45) is 5.92 Å². The minimum atomic E-state index is -4.55. The number of alkyl halides is 3. The van der Waals surface area contributed by atoms with Crippen LogP contribution in [-0.4, -0.2) is 12.5 Å². The topological polar surface area (TPSA) is 44.1 Å². The van der Waals surface area contributed by atoms with Gasteiger partial charge in [-0.3, -0.25) is 4.79 Å². The lowest BCUT2D eigenvalue weighted by Crippen LogP contribution is -2.27. The van der Waals surface area contributed by atoms with Gasteiger partial charge < -0.3 is 4.90 Å². The van der Waals surface area contributed by atoms with Crippen molar-refractivity contribution in [1.29, 1.82) is 5.26 Å². The van der Waals surface area contributed by atoms with Crippen molar-refractivity contribution in [3.8, 4) is 6.07 Å². The van der Waals surface area contributed by atoms with Crippen LogP contribution < -0.4 is 4.90 Å². The summed E-state index contributed by atoms with van der Waals surface area (Å²) in [4.78, 5) is 12.7. The molecule has 1 aromatic carbocycles. The average molecular weight is 333 g/mol. The molecule has 1 atom stereocenters. The van der Waals surface area contributed by atoms with Crippen molar-refractivity contribution in [1.82, 2.24) is 0 Å². The summed E-state index contributed by atoms with van der Waals surface area (Å²) in [5.41, 5.74) is -1.08. The van der Waals surface area contributed by atoms with Crippen molar-refractivity contribution in [3.63, 3.8) is 0 Å². The molecule has 0 spiro atoms. The first kappa shape index (κ1) is 13.9. The van der Waals surface area contributed by atoms with Crippen LogP contribution in [0.15, 0.2) is 22.7 Å². The van der Waals surface area contributed by atoms with E-state index >= 15 is 0 Å². The van der Waals surface area contributed by atoms with E-state index in [0.717, 1.165) is 11.0 Å². The van der Waals surface area contributed by atoms with Crippen LogP contribution >= 0.6 is 15.9 Å². The Kier molecular flexibility index (Phi) is 3.54. The van der Waals surface area contributed by atoms with Gasteiger partial charge in [0.05, 0.1) is 23.2 Å². The van der Waals surface area contributed by atoms with Gasteiger partial charge in [0.25, 0.3) is 0 Å². The molecule has 0 saturated carbocycles. The number of nitriles is 1. The van der Waals surface area contributed by atoms with Gasteiger partial charge in [0.15, 0.2) is 0 Å². The van der Waals surface area contributed by atoms with Gasteiger partial charge >= 0.3 is 6.18 Å². The third-order valence-corrected chi connectivity index (χ3v) is 3.36. The largest absolute Gasteiger partial charge is 0.418 e. The van der Waals surface area contributed by atoms with Gasteiger partial charge in [-0.15, -0.1) is 0 Å². The Balaban J connectivity index is 2.46. The predicted octanol–water partition coefficient (Wildman–Crippen LogP) is 3.34. The molecule has 1 heterocycles. The van der Waals surface area contributed by atoms with E-state index in [1.165, 1.54) is 12.1 Å². The predicted molar refractivity (Wildman–Crippen MR) is 65.2 cm³/mol. The lowest BCUT2D eigenvalue weighted by Gasteiger charge is -2.21. The monoisotopic (exact) mass is 332 g/mol. The molecule has 1 fully saturated rings. The number of nitrogens with zero attached hydrogens (tertiary/aromatic N) is 2. The molecule has 0 radical (unpaired) electrons. The standard InChI is InChI=1S/C12H8BrF3N2O/c13-8-1-2-10(9(4-8)12(14,15)16)18-6-7(5-17)3-11(18)19/h1-2,4,7H,3,6H2. The molecule has 1 aliphatic rings. The van der Waals surface area contributed by atoms with Crippen LogP contribution in [0.5, 0.6) is 0 Å². The highest BCUT2D eigenvalue weighted by Crippen LogP contribution is 2.39. The van der Waals surface area contributed by atoms with Crippen molar-refractivity contribution >= 4 is 27.5 Å². The molecule has 0 N–H and O–H groups in total. The Labute approximate surface area is 115 Å². The zero-order valence-corrected chi connectivity index (χ0v) is 11.1. The first-order valence-corrected chi connectivity index (χ1v) is 6.19. The van der Waals surface area contributed by atoms with E-state index in [1.54, 1.807) is 0 Å². The van der Waals surface area contributed by atoms with Gasteiger partial charge in [-0.1, -0.05) is 15.9 Å². The molecular formula is C12H8BrF3N2O. The second-order valence-corrected chi connectivity index (χ2v) is 5.11. The van der Waals surface area contributed by atoms with E-state index in [-0.39, 0.29) is 23.1 Å². The Morgan fingerprint density at radius 1 is 1.42 bits per heavy atom. The van der Waals surface area contributed by atoms with Crippen molar-refractivity contribution in [3.05, 3.63) is 28.2 Å². The maximum Gasteiger partial charge on any atom is 0.418 e. The average Bonchev–Trinajstić information content (AvgIpc) is 2.69. The molecule has 0 aliphatic carbocycles. The van der Waals surface area contributed by atoms with Gasteiger partial charge in [-0.2, -0.15) is 18.4 Å². The molecule has 0 bridgehead atoms. The summed E-state index contributed by atoms with van der Waals surface area (Å²) in [7, 11) is 0. The molecule has 0 aromatic heterocycles. The summed E-state index contributed by atoms with van der Waals surface area (Å²) in [6, 6.07) is 5.53. The van der Waals surface area contributed by atoms with Crippen molar-refractivity contribution in [2.45, 2.75) is 12.6 Å². The number of amides is 1. The summed E-state index contributed by atoms with van der Waals surface area (Å²) in [5, 5.41) is 8.76. The molecule has 7 heteroatoms. The van der Waals surface area contributed by atoms with Crippen LogP contribution in [0.25, 0.3) is 0 Å². The minimum absolute atomic E-state index is 0.0000454. The van der Waals surface area contributed by atoms with Crippen molar-refractivity contribution in [2.75, 3.05) is 11.4 Å². The summed E-state index contributed by atoms with van der Waals surface area (Å²) in [6.45, 7) is 0.0000454. The van der Waals surface area contributed by atoms with Crippen LogP contribution in [0, 0.1) is 17.2 Å². The maximum absolute atomic E-state index is 13.0. The van der Waals surface area contributed by atoms with E-state index in [1.807, 2.05) is 6.07 Å². The van der Waals surface area contributed by atoms with Crippen LogP contribution in [0.4, 0.5) is 18.9 Å². The van der Waals surface area contributed by atoms with Crippen LogP contribution in [0.2, 0.25) is 0 Å². The Bertz CT molecular complexity index is 565. The van der Waals surface area contributed by atoms with E-state index in [9.17, 15) is 18.0 Å². The van der Waals surface area contributed by atoms with Crippen LogP contribution in [0.1, 0.15) is 12.0 Å². The number of rotatable bonds is 1. The fourth-order valence-corrected chi connectivity index (χ4v) is 2.36. The number of benzene rings is 1. The van der Waals surface area contributed by atoms with E-state index in [2.05, 4.69) is 15.9 Å². The van der Waals surface area contributed by atoms with E-state index in [4.69, 9.17) is 5.26 Å². The fourth-order valence-electron chi connectivity index (χ4n) is 2.00. The summed E-state index contributed by atoms with van der Waals surface area (Å²) in [5.74, 6) is -1.02. The lowest BCUT2D eigenvalue weighted by atomic mass is 10.1. The second-order valence-electron chi connectivity index (χ2n) is 4.19. The van der Waals surface area contributed by atoms with Gasteiger partial charge in [0.2, 0.25) is 5.91 Å². The highest BCUT2D eigenvalue weighted by molar-refractivity contribution is 9.10. The summed E-state index contributed by atoms with van der Waals surface area (Å²) < 4.78 is 39.2. The number of anilines is 1. The fraction of sp³-hybridized carbons (Fsp3) is 0.333. The van der Waals surface area contributed by atoms with Gasteiger partial charge in [0.1, 0.15) is 0 Å². The Hall–Kier alpha value is -1.55. The second kappa shape index (κ2) is 4.85. The highest BCUT2D eigenvalue weighted by Gasteiger charge is 2.39. The first-order chi connectivity index (χ1) is 8.82. The molecule has 1 aliphatic heterocycles. The van der Waals surface area contributed by atoms with Gasteiger partial charge in [-0.05, 0) is 18.2 Å². The minimum Gasteiger partial charge on any atom is -0.310 e. The molecule has 1 aromatic rings. The number of hydrogen-bond donors (Lipinski definition) is 0. The van der Waals surface area contributed by atoms with Crippen molar-refractivity contribution < 1.29 is 18.0 Å². The molecule has 1 saturated heterocycles. The Morgan fingerprint density at radius 2 is 2.11 bits per heavy atom. The molecular weight excluding hydrogens is 325 g/mol. The quantitative estimate of drug-likeness (QED) is 0.791. The highest BCUT2D eigenvalue weighted by atomic mass is 79.9. The Morgan fingerprint density at radius 3 is 2.63 bits per heavy atom. The van der Waals surface area contributed by atoms with Gasteiger partial charge in [-0.25, -0.2) is 0 Å². The summed E-state index contributed by atoms with van der Waals surface area (Å²) in [6.07, 6.45) is -4.59. The molecule has 100 valence electrons. The molecule has 2 rings (SSSR count). The normalized spacial score (nSPS) is 19.6. The zero-order chi connectivity index (χ0) is 14.2. The molecule has 3 nitrogen and oxygen atoms in total. The first-order valence-electron chi connectivity index (χ1n) is 5.39. The molecule has 19 heavy (non-hydrogen) atoms.